The van der Waals surface area contributed by atoms with Crippen LogP contribution in [0.1, 0.15) is 0 Å². The third-order valence-electron chi connectivity index (χ3n) is 0. The molecule has 0 aromatic rings. The number of hydrogen-bond donors (Lipinski definition) is 0. The van der Waals surface area contributed by atoms with E-state index in [1.807, 2.05) is 0 Å². The van der Waals surface area contributed by atoms with Crippen molar-refractivity contribution in [3.63, 3.8) is 0 Å². The topological polar surface area (TPSA) is 190 Å². The fourth-order valence-electron chi connectivity index (χ4n) is 0. The standard InChI is InChI=1S/3Mn.9O.2Y/q;;;;;;6*-1;2*+3. The fraction of sp³-hybridized carbons (Fsp3) is 0. The maximum absolute atomic E-state index is 8.52. The first-order valence-corrected chi connectivity index (χ1v) is 5.73. The average molecular weight is 487 g/mol. The molecular formula is Mn3O9Y2. The summed E-state index contributed by atoms with van der Waals surface area (Å²) >= 11 is -10.9. The van der Waals surface area contributed by atoms with Crippen molar-refractivity contribution >= 4 is 0 Å². The van der Waals surface area contributed by atoms with Crippen molar-refractivity contribution in [1.82, 2.24) is 0 Å². The van der Waals surface area contributed by atoms with E-state index in [-0.39, 0.29) is 65.4 Å². The molecule has 0 fully saturated rings. The zero-order valence-electron chi connectivity index (χ0n) is 5.96. The van der Waals surface area contributed by atoms with Gasteiger partial charge in [0.25, 0.3) is 0 Å². The van der Waals surface area contributed by atoms with Crippen molar-refractivity contribution in [2.45, 2.75) is 0 Å². The van der Waals surface area contributed by atoms with E-state index in [2.05, 4.69) is 0 Å². The van der Waals surface area contributed by atoms with Crippen LogP contribution in [-0.4, -0.2) is 0 Å². The smallest absolute Gasteiger partial charge is 3.00 e. The van der Waals surface area contributed by atoms with Gasteiger partial charge in [-0.25, -0.2) is 0 Å². The zero-order chi connectivity index (χ0) is 10.7. The summed E-state index contributed by atoms with van der Waals surface area (Å²) in [5.74, 6) is 0. The predicted octanol–water partition coefficient (Wildman–Crippen LogP) is -7.50. The summed E-state index contributed by atoms with van der Waals surface area (Å²) in [6.07, 6.45) is 0. The van der Waals surface area contributed by atoms with Crippen LogP contribution < -0.4 is 25.1 Å². The summed E-state index contributed by atoms with van der Waals surface area (Å²) in [4.78, 5) is 0. The van der Waals surface area contributed by atoms with Crippen LogP contribution in [0.2, 0.25) is 0 Å². The van der Waals surface area contributed by atoms with E-state index in [9.17, 15) is 0 Å². The molecule has 0 unspecified atom stereocenters. The minimum atomic E-state index is -3.65. The second kappa shape index (κ2) is 24.9. The van der Waals surface area contributed by atoms with Gasteiger partial charge in [-0.1, -0.05) is 0 Å². The maximum atomic E-state index is 8.52. The molecule has 0 bridgehead atoms. The van der Waals surface area contributed by atoms with Gasteiger partial charge in [0.1, 0.15) is 0 Å². The van der Waals surface area contributed by atoms with Crippen molar-refractivity contribution < 1.29 is 146 Å². The van der Waals surface area contributed by atoms with E-state index in [0.717, 1.165) is 0 Å². The zero-order valence-corrected chi connectivity index (χ0v) is 15.2. The van der Waals surface area contributed by atoms with Crippen molar-refractivity contribution in [2.75, 3.05) is 0 Å². The summed E-state index contributed by atoms with van der Waals surface area (Å²) in [6.45, 7) is 0. The minimum Gasteiger partial charge on any atom is 3.00 e. The van der Waals surface area contributed by atoms with Crippen LogP contribution in [-0.2, 0) is 120 Å². The quantitative estimate of drug-likeness (QED) is 0.299. The molecule has 0 aromatic heterocycles. The monoisotopic (exact) mass is 487 g/mol. The van der Waals surface area contributed by atoms with Crippen LogP contribution in [0, 0.1) is 0 Å². The first-order chi connectivity index (χ1) is 5.20. The molecule has 0 aliphatic carbocycles. The minimum absolute atomic E-state index is 0. The summed E-state index contributed by atoms with van der Waals surface area (Å²) in [5.41, 5.74) is 0. The predicted molar refractivity (Wildman–Crippen MR) is 2.06 cm³/mol. The molecule has 0 amide bonds. The Labute approximate surface area is 143 Å². The first kappa shape index (κ1) is 30.2. The third-order valence-corrected chi connectivity index (χ3v) is 0. The van der Waals surface area contributed by atoms with E-state index in [1.165, 1.54) is 0 Å². The Morgan fingerprint density at radius 1 is 0.500 bits per heavy atom. The van der Waals surface area contributed by atoms with E-state index in [1.54, 1.807) is 0 Å². The third kappa shape index (κ3) is 338. The van der Waals surface area contributed by atoms with Crippen LogP contribution in [0.4, 0.5) is 0 Å². The van der Waals surface area contributed by atoms with Gasteiger partial charge in [0, 0.05) is 0 Å². The fourth-order valence-corrected chi connectivity index (χ4v) is 0. The van der Waals surface area contributed by atoms with Gasteiger partial charge in [0.15, 0.2) is 0 Å². The van der Waals surface area contributed by atoms with Crippen LogP contribution in [0.25, 0.3) is 0 Å². The van der Waals surface area contributed by atoms with Crippen molar-refractivity contribution in [3.05, 3.63) is 0 Å². The molecule has 0 aromatic carbocycles. The summed E-state index contributed by atoms with van der Waals surface area (Å²) in [7, 11) is 0. The first-order valence-electron chi connectivity index (χ1n) is 1.39. The number of rotatable bonds is 0. The molecule has 0 aliphatic rings. The molecule has 0 aliphatic heterocycles. The molecule has 0 spiro atoms. The molecule has 0 atom stereocenters. The Hall–Kier alpha value is 2.93. The van der Waals surface area contributed by atoms with E-state index >= 15 is 0 Å². The molecule has 0 rings (SSSR count). The van der Waals surface area contributed by atoms with Crippen molar-refractivity contribution in [1.29, 1.82) is 0 Å². The van der Waals surface area contributed by atoms with E-state index < -0.39 is 43.5 Å². The van der Waals surface area contributed by atoms with Gasteiger partial charge in [0.2, 0.25) is 0 Å². The van der Waals surface area contributed by atoms with Gasteiger partial charge in [0.05, 0.1) is 0 Å². The van der Waals surface area contributed by atoms with Crippen LogP contribution in [0.5, 0.6) is 0 Å². The Balaban J connectivity index is -0.0000000270. The molecule has 0 saturated carbocycles. The Morgan fingerprint density at radius 3 is 0.500 bits per heavy atom. The average Bonchev–Trinajstić information content (AvgIpc) is 1.54. The Morgan fingerprint density at radius 2 is 0.500 bits per heavy atom. The van der Waals surface area contributed by atoms with Gasteiger partial charge >= 0.3 is 146 Å². The van der Waals surface area contributed by atoms with Gasteiger partial charge < -0.3 is 0 Å². The van der Waals surface area contributed by atoms with E-state index in [0.29, 0.717) is 0 Å². The van der Waals surface area contributed by atoms with Crippen LogP contribution in [0.15, 0.2) is 0 Å². The molecule has 14 heavy (non-hydrogen) atoms. The molecule has 0 heterocycles. The maximum Gasteiger partial charge on any atom is 3.00 e. The second-order valence-corrected chi connectivity index (χ2v) is 2.34. The molecule has 0 saturated heterocycles. The number of hydrogen-bond acceptors (Lipinski definition) is 9. The Bertz CT molecular complexity index is 116. The molecule has 0 N–H and O–H groups in total. The van der Waals surface area contributed by atoms with Gasteiger partial charge in [-0.2, -0.15) is 0 Å². The summed E-state index contributed by atoms with van der Waals surface area (Å²) in [6, 6.07) is 0. The van der Waals surface area contributed by atoms with Gasteiger partial charge in [-0.15, -0.1) is 0 Å². The summed E-state index contributed by atoms with van der Waals surface area (Å²) < 4.78 is 76.7. The van der Waals surface area contributed by atoms with Crippen molar-refractivity contribution in [2.24, 2.45) is 0 Å². The van der Waals surface area contributed by atoms with Crippen LogP contribution >= 0.6 is 0 Å². The second-order valence-electron chi connectivity index (χ2n) is 0.567. The molecule has 14 heteroatoms. The van der Waals surface area contributed by atoms with Gasteiger partial charge in [-0.3, -0.25) is 0 Å². The largest absolute Gasteiger partial charge is 3.00 e. The van der Waals surface area contributed by atoms with Crippen molar-refractivity contribution in [3.8, 4) is 0 Å². The normalized spacial score (nSPS) is 7.50. The molecule has 81 valence electrons. The van der Waals surface area contributed by atoms with Gasteiger partial charge in [-0.05, 0) is 0 Å². The van der Waals surface area contributed by atoms with Crippen LogP contribution in [0.3, 0.4) is 0 Å². The SMILES string of the molecule is [O]=[Mn]([O-])[O-].[O]=[Mn]([O-])[O-].[O]=[Mn]([O-])[O-].[Y+3].[Y+3]. The molecule has 9 nitrogen and oxygen atoms in total. The Kier molecular flexibility index (Phi) is 53.8. The van der Waals surface area contributed by atoms with E-state index in [4.69, 9.17) is 36.6 Å². The summed E-state index contributed by atoms with van der Waals surface area (Å²) in [5, 5.41) is 0. The molecular weight excluding hydrogens is 487 g/mol. The molecule has 0 radical (unpaired) electrons.